The third-order valence-electron chi connectivity index (χ3n) is 3.88. The van der Waals surface area contributed by atoms with E-state index in [1.165, 1.54) is 23.9 Å². The van der Waals surface area contributed by atoms with Gasteiger partial charge in [0.1, 0.15) is 11.6 Å². The van der Waals surface area contributed by atoms with Crippen molar-refractivity contribution in [2.75, 3.05) is 19.8 Å². The Labute approximate surface area is 150 Å². The van der Waals surface area contributed by atoms with Gasteiger partial charge < -0.3 is 14.4 Å². The van der Waals surface area contributed by atoms with E-state index in [2.05, 4.69) is 0 Å². The maximum Gasteiger partial charge on any atom is 0.232 e. The second-order valence-corrected chi connectivity index (χ2v) is 6.99. The number of nitrogens with zero attached hydrogens (tertiary/aromatic N) is 1. The maximum atomic E-state index is 13.9. The summed E-state index contributed by atoms with van der Waals surface area (Å²) in [6, 6.07) is 12.6. The number of ether oxygens (including phenoxy) is 2. The van der Waals surface area contributed by atoms with Crippen molar-refractivity contribution in [3.63, 3.8) is 0 Å². The van der Waals surface area contributed by atoms with E-state index in [-0.39, 0.29) is 11.7 Å². The summed E-state index contributed by atoms with van der Waals surface area (Å²) in [5, 5.41) is 0. The Bertz CT molecular complexity index is 752. The highest BCUT2D eigenvalue weighted by Crippen LogP contribution is 2.37. The van der Waals surface area contributed by atoms with Crippen LogP contribution in [0.4, 0.5) is 4.39 Å². The summed E-state index contributed by atoms with van der Waals surface area (Å²) >= 11 is 1.44. The number of benzene rings is 2. The minimum absolute atomic E-state index is 0.0293. The normalized spacial score (nSPS) is 16.0. The Morgan fingerprint density at radius 1 is 1.28 bits per heavy atom. The van der Waals surface area contributed by atoms with Gasteiger partial charge in [-0.25, -0.2) is 4.39 Å². The first-order chi connectivity index (χ1) is 12.0. The van der Waals surface area contributed by atoms with Crippen LogP contribution in [0.5, 0.6) is 5.75 Å². The molecule has 0 saturated heterocycles. The standard InChI is InChI=1S/C19H20FNO3S/c1-21(2)17(22)12-25-11-15-9-16(20)8-14-10-23-19(24-18(14)15)13-6-4-3-5-7-13/h3-9,19H,10-12H2,1-2H3/t19-/m0/s1. The average Bonchev–Trinajstić information content (AvgIpc) is 2.61. The minimum Gasteiger partial charge on any atom is -0.460 e. The van der Waals surface area contributed by atoms with Gasteiger partial charge in [0.25, 0.3) is 0 Å². The number of carbonyl (C=O) groups is 1. The van der Waals surface area contributed by atoms with Gasteiger partial charge in [-0.3, -0.25) is 4.79 Å². The van der Waals surface area contributed by atoms with Crippen LogP contribution < -0.4 is 4.74 Å². The Kier molecular flexibility index (Phi) is 5.60. The first-order valence-corrected chi connectivity index (χ1v) is 9.12. The number of hydrogen-bond donors (Lipinski definition) is 0. The fourth-order valence-corrected chi connectivity index (χ4v) is 3.51. The number of fused-ring (bicyclic) bond motifs is 1. The Morgan fingerprint density at radius 3 is 2.76 bits per heavy atom. The molecule has 0 N–H and O–H groups in total. The lowest BCUT2D eigenvalue weighted by Crippen LogP contribution is -2.23. The largest absolute Gasteiger partial charge is 0.460 e. The zero-order chi connectivity index (χ0) is 17.8. The van der Waals surface area contributed by atoms with E-state index in [0.717, 1.165) is 11.1 Å². The van der Waals surface area contributed by atoms with Crippen LogP contribution in [-0.2, 0) is 21.9 Å². The van der Waals surface area contributed by atoms with Gasteiger partial charge in [0.15, 0.2) is 0 Å². The summed E-state index contributed by atoms with van der Waals surface area (Å²) in [6.45, 7) is 0.293. The highest BCUT2D eigenvalue weighted by molar-refractivity contribution is 7.99. The fourth-order valence-electron chi connectivity index (χ4n) is 2.54. The summed E-state index contributed by atoms with van der Waals surface area (Å²) < 4.78 is 25.6. The van der Waals surface area contributed by atoms with Gasteiger partial charge in [-0.05, 0) is 12.1 Å². The molecule has 1 aliphatic heterocycles. The SMILES string of the molecule is CN(C)C(=O)CSCc1cc(F)cc2c1O[C@@H](c1ccccc1)OC2. The highest BCUT2D eigenvalue weighted by atomic mass is 32.2. The molecule has 2 aromatic rings. The smallest absolute Gasteiger partial charge is 0.232 e. The summed E-state index contributed by atoms with van der Waals surface area (Å²) in [4.78, 5) is 13.3. The monoisotopic (exact) mass is 361 g/mol. The predicted octanol–water partition coefficient (Wildman–Crippen LogP) is 3.75. The topological polar surface area (TPSA) is 38.8 Å². The average molecular weight is 361 g/mol. The van der Waals surface area contributed by atoms with Gasteiger partial charge >= 0.3 is 0 Å². The number of thioether (sulfide) groups is 1. The quantitative estimate of drug-likeness (QED) is 0.813. The molecule has 0 saturated carbocycles. The van der Waals surface area contributed by atoms with Gasteiger partial charge in [-0.1, -0.05) is 30.3 Å². The van der Waals surface area contributed by atoms with Crippen LogP contribution in [-0.4, -0.2) is 30.7 Å². The summed E-state index contributed by atoms with van der Waals surface area (Å²) in [5.74, 6) is 1.21. The molecule has 0 unspecified atom stereocenters. The maximum absolute atomic E-state index is 13.9. The van der Waals surface area contributed by atoms with Gasteiger partial charge in [0.05, 0.1) is 12.4 Å². The van der Waals surface area contributed by atoms with Crippen LogP contribution >= 0.6 is 11.8 Å². The predicted molar refractivity (Wildman–Crippen MR) is 95.9 cm³/mol. The molecular weight excluding hydrogens is 341 g/mol. The number of carbonyl (C=O) groups excluding carboxylic acids is 1. The van der Waals surface area contributed by atoms with Gasteiger partial charge in [0.2, 0.25) is 12.2 Å². The molecule has 1 aliphatic rings. The molecule has 1 atom stereocenters. The molecule has 0 fully saturated rings. The van der Waals surface area contributed by atoms with Crippen LogP contribution in [0.25, 0.3) is 0 Å². The molecule has 1 heterocycles. The lowest BCUT2D eigenvalue weighted by Gasteiger charge is -2.28. The van der Waals surface area contributed by atoms with Crippen molar-refractivity contribution in [1.82, 2.24) is 4.90 Å². The van der Waals surface area contributed by atoms with Crippen molar-refractivity contribution in [2.24, 2.45) is 0 Å². The number of rotatable bonds is 5. The zero-order valence-corrected chi connectivity index (χ0v) is 15.0. The first kappa shape index (κ1) is 17.8. The van der Waals surface area contributed by atoms with Gasteiger partial charge in [-0.15, -0.1) is 11.8 Å². The molecule has 3 rings (SSSR count). The number of halogens is 1. The molecule has 6 heteroatoms. The van der Waals surface area contributed by atoms with Crippen LogP contribution in [0.15, 0.2) is 42.5 Å². The van der Waals surface area contributed by atoms with Crippen molar-refractivity contribution in [3.05, 3.63) is 65.0 Å². The van der Waals surface area contributed by atoms with E-state index in [4.69, 9.17) is 9.47 Å². The molecule has 0 aromatic heterocycles. The molecule has 25 heavy (non-hydrogen) atoms. The van der Waals surface area contributed by atoms with E-state index >= 15 is 0 Å². The van der Waals surface area contributed by atoms with Crippen molar-refractivity contribution < 1.29 is 18.7 Å². The summed E-state index contributed by atoms with van der Waals surface area (Å²) in [6.07, 6.45) is -0.508. The molecule has 4 nitrogen and oxygen atoms in total. The Balaban J connectivity index is 1.77. The van der Waals surface area contributed by atoms with E-state index in [0.29, 0.717) is 29.4 Å². The second kappa shape index (κ2) is 7.89. The van der Waals surface area contributed by atoms with Crippen molar-refractivity contribution in [1.29, 1.82) is 0 Å². The van der Waals surface area contributed by atoms with Crippen molar-refractivity contribution in [2.45, 2.75) is 18.6 Å². The van der Waals surface area contributed by atoms with Crippen LogP contribution in [0.3, 0.4) is 0 Å². The molecule has 0 radical (unpaired) electrons. The van der Waals surface area contributed by atoms with E-state index < -0.39 is 6.29 Å². The summed E-state index contributed by atoms with van der Waals surface area (Å²) in [7, 11) is 3.44. The molecular formula is C19H20FNO3S. The van der Waals surface area contributed by atoms with Crippen molar-refractivity contribution >= 4 is 17.7 Å². The van der Waals surface area contributed by atoms with Crippen LogP contribution in [0, 0.1) is 5.82 Å². The molecule has 132 valence electrons. The van der Waals surface area contributed by atoms with Crippen molar-refractivity contribution in [3.8, 4) is 5.75 Å². The molecule has 0 bridgehead atoms. The lowest BCUT2D eigenvalue weighted by molar-refractivity contribution is -0.125. The Hall–Kier alpha value is -2.05. The van der Waals surface area contributed by atoms with Crippen LogP contribution in [0.2, 0.25) is 0 Å². The zero-order valence-electron chi connectivity index (χ0n) is 14.2. The van der Waals surface area contributed by atoms with E-state index in [1.54, 1.807) is 19.0 Å². The van der Waals surface area contributed by atoms with Crippen LogP contribution in [0.1, 0.15) is 23.0 Å². The Morgan fingerprint density at radius 2 is 2.04 bits per heavy atom. The first-order valence-electron chi connectivity index (χ1n) is 7.97. The number of hydrogen-bond acceptors (Lipinski definition) is 4. The fraction of sp³-hybridized carbons (Fsp3) is 0.316. The lowest BCUT2D eigenvalue weighted by atomic mass is 10.1. The molecule has 0 aliphatic carbocycles. The van der Waals surface area contributed by atoms with E-state index in [1.807, 2.05) is 30.3 Å². The second-order valence-electron chi connectivity index (χ2n) is 6.01. The van der Waals surface area contributed by atoms with Gasteiger partial charge in [-0.2, -0.15) is 0 Å². The third-order valence-corrected chi connectivity index (χ3v) is 4.84. The molecule has 1 amide bonds. The van der Waals surface area contributed by atoms with Gasteiger partial charge in [0, 0.05) is 36.5 Å². The molecule has 2 aromatic carbocycles. The molecule has 0 spiro atoms. The van der Waals surface area contributed by atoms with E-state index in [9.17, 15) is 9.18 Å². The minimum atomic E-state index is -0.508. The summed E-state index contributed by atoms with van der Waals surface area (Å²) in [5.41, 5.74) is 2.36. The highest BCUT2D eigenvalue weighted by Gasteiger charge is 2.25. The third kappa shape index (κ3) is 4.32. The number of amides is 1.